The van der Waals surface area contributed by atoms with Gasteiger partial charge < -0.3 is 0 Å². The number of hydrogen-bond donors (Lipinski definition) is 0. The van der Waals surface area contributed by atoms with E-state index < -0.39 is 0 Å². The van der Waals surface area contributed by atoms with Crippen LogP contribution in [0.3, 0.4) is 0 Å². The third kappa shape index (κ3) is 0.533. The summed E-state index contributed by atoms with van der Waals surface area (Å²) in [6.07, 6.45) is 9.21. The van der Waals surface area contributed by atoms with Crippen LogP contribution in [0.5, 0.6) is 0 Å². The second kappa shape index (κ2) is 1.91. The van der Waals surface area contributed by atoms with Crippen LogP contribution in [0, 0.1) is 22.7 Å². The molecule has 0 spiro atoms. The van der Waals surface area contributed by atoms with Gasteiger partial charge in [0.05, 0.1) is 0 Å². The Morgan fingerprint density at radius 3 is 2.75 bits per heavy atom. The molecule has 12 heavy (non-hydrogen) atoms. The van der Waals surface area contributed by atoms with Gasteiger partial charge in [0.1, 0.15) is 0 Å². The fraction of sp³-hybridized carbons (Fsp3) is 1.00. The molecule has 3 fully saturated rings. The molecule has 0 bridgehead atoms. The lowest BCUT2D eigenvalue weighted by atomic mass is 9.57. The Morgan fingerprint density at radius 2 is 2.17 bits per heavy atom. The largest absolute Gasteiger partial charge is 0.0654 e. The van der Waals surface area contributed by atoms with E-state index in [1.165, 1.54) is 24.7 Å². The summed E-state index contributed by atoms with van der Waals surface area (Å²) in [4.78, 5) is 0. The van der Waals surface area contributed by atoms with Gasteiger partial charge in [-0.3, -0.25) is 0 Å². The van der Waals surface area contributed by atoms with Crippen LogP contribution in [0.4, 0.5) is 0 Å². The highest BCUT2D eigenvalue weighted by Gasteiger charge is 2.82. The topological polar surface area (TPSA) is 0 Å². The molecule has 0 aromatic rings. The van der Waals surface area contributed by atoms with Gasteiger partial charge in [0, 0.05) is 0 Å². The lowest BCUT2D eigenvalue weighted by Gasteiger charge is -2.48. The van der Waals surface area contributed by atoms with Crippen molar-refractivity contribution in [2.45, 2.75) is 52.4 Å². The average Bonchev–Trinajstić information content (AvgIpc) is 2.46. The van der Waals surface area contributed by atoms with Crippen LogP contribution in [0.25, 0.3) is 0 Å². The summed E-state index contributed by atoms with van der Waals surface area (Å²) in [5.41, 5.74) is 1.79. The molecule has 0 aromatic heterocycles. The smallest absolute Gasteiger partial charge is 0.0224 e. The minimum Gasteiger partial charge on any atom is -0.0654 e. The quantitative estimate of drug-likeness (QED) is 0.597. The summed E-state index contributed by atoms with van der Waals surface area (Å²) >= 11 is 0. The highest BCUT2D eigenvalue weighted by molar-refractivity contribution is 5.30. The van der Waals surface area contributed by atoms with Crippen molar-refractivity contribution in [3.8, 4) is 0 Å². The van der Waals surface area contributed by atoms with Crippen LogP contribution >= 0.6 is 0 Å². The summed E-state index contributed by atoms with van der Waals surface area (Å²) in [5, 5.41) is 0. The predicted octanol–water partition coefficient (Wildman–Crippen LogP) is 3.61. The van der Waals surface area contributed by atoms with Gasteiger partial charge in [-0.15, -0.1) is 0 Å². The highest BCUT2D eigenvalue weighted by atomic mass is 14.9. The molecule has 0 heteroatoms. The molecule has 3 aliphatic carbocycles. The molecular formula is C12H20. The Morgan fingerprint density at radius 1 is 1.33 bits per heavy atom. The van der Waals surface area contributed by atoms with Gasteiger partial charge in [-0.2, -0.15) is 0 Å². The summed E-state index contributed by atoms with van der Waals surface area (Å²) < 4.78 is 0. The Balaban J connectivity index is 1.80. The minimum absolute atomic E-state index is 0.875. The molecule has 0 nitrogen and oxygen atoms in total. The standard InChI is InChI=1S/C12H20/c1-3-6-12-8-11(4-2)7-5-9(12)10(11)12/h9-10H,3-8H2,1-2H3. The van der Waals surface area contributed by atoms with Crippen molar-refractivity contribution in [3.63, 3.8) is 0 Å². The van der Waals surface area contributed by atoms with Gasteiger partial charge in [-0.1, -0.05) is 26.7 Å². The first-order chi connectivity index (χ1) is 5.79. The van der Waals surface area contributed by atoms with Crippen LogP contribution in [0.2, 0.25) is 0 Å². The first-order valence-corrected chi connectivity index (χ1v) is 5.79. The van der Waals surface area contributed by atoms with E-state index in [9.17, 15) is 0 Å². The van der Waals surface area contributed by atoms with E-state index >= 15 is 0 Å². The van der Waals surface area contributed by atoms with Crippen LogP contribution in [0.1, 0.15) is 52.4 Å². The van der Waals surface area contributed by atoms with Crippen molar-refractivity contribution >= 4 is 0 Å². The first-order valence-electron chi connectivity index (χ1n) is 5.79. The third-order valence-corrected chi connectivity index (χ3v) is 5.36. The highest BCUT2D eigenvalue weighted by Crippen LogP contribution is 2.89. The zero-order valence-electron chi connectivity index (χ0n) is 8.40. The minimum atomic E-state index is 0.875. The zero-order valence-corrected chi connectivity index (χ0v) is 8.40. The summed E-state index contributed by atoms with van der Waals surface area (Å²) in [7, 11) is 0. The molecule has 0 N–H and O–H groups in total. The Labute approximate surface area is 75.7 Å². The van der Waals surface area contributed by atoms with E-state index in [1.807, 2.05) is 0 Å². The van der Waals surface area contributed by atoms with Crippen molar-refractivity contribution in [2.75, 3.05) is 0 Å². The number of hydrogen-bond acceptors (Lipinski definition) is 0. The van der Waals surface area contributed by atoms with E-state index in [0.717, 1.165) is 10.8 Å². The summed E-state index contributed by atoms with van der Waals surface area (Å²) in [6, 6.07) is 0. The van der Waals surface area contributed by atoms with Crippen molar-refractivity contribution in [3.05, 3.63) is 0 Å². The van der Waals surface area contributed by atoms with Gasteiger partial charge in [-0.05, 0) is 48.3 Å². The van der Waals surface area contributed by atoms with Crippen LogP contribution in [-0.2, 0) is 0 Å². The third-order valence-electron chi connectivity index (χ3n) is 5.36. The molecule has 3 rings (SSSR count). The van der Waals surface area contributed by atoms with Gasteiger partial charge in [0.25, 0.3) is 0 Å². The average molecular weight is 164 g/mol. The van der Waals surface area contributed by atoms with E-state index in [4.69, 9.17) is 0 Å². The van der Waals surface area contributed by atoms with Crippen molar-refractivity contribution < 1.29 is 0 Å². The van der Waals surface area contributed by atoms with Crippen LogP contribution in [-0.4, -0.2) is 0 Å². The second-order valence-electron chi connectivity index (χ2n) is 5.50. The second-order valence-corrected chi connectivity index (χ2v) is 5.50. The van der Waals surface area contributed by atoms with Crippen molar-refractivity contribution in [1.29, 1.82) is 0 Å². The molecule has 0 aromatic carbocycles. The monoisotopic (exact) mass is 164 g/mol. The Kier molecular flexibility index (Phi) is 1.18. The lowest BCUT2D eigenvalue weighted by Crippen LogP contribution is -2.39. The van der Waals surface area contributed by atoms with E-state index in [2.05, 4.69) is 13.8 Å². The number of rotatable bonds is 3. The van der Waals surface area contributed by atoms with E-state index in [1.54, 1.807) is 25.7 Å². The maximum Gasteiger partial charge on any atom is -0.0224 e. The molecule has 0 aliphatic heterocycles. The van der Waals surface area contributed by atoms with Gasteiger partial charge in [-0.25, -0.2) is 0 Å². The molecule has 0 heterocycles. The molecule has 3 aliphatic rings. The molecule has 68 valence electrons. The molecule has 4 unspecified atom stereocenters. The molecule has 0 saturated heterocycles. The fourth-order valence-electron chi connectivity index (χ4n) is 5.05. The summed E-state index contributed by atoms with van der Waals surface area (Å²) in [5.74, 6) is 2.40. The molecule has 0 amide bonds. The maximum atomic E-state index is 2.41. The van der Waals surface area contributed by atoms with E-state index in [-0.39, 0.29) is 0 Å². The SMILES string of the molecule is CCCC12CC3(CC)CCC1C32. The Hall–Kier alpha value is 0. The molecule has 4 atom stereocenters. The summed E-state index contributed by atoms with van der Waals surface area (Å²) in [6.45, 7) is 4.77. The zero-order chi connectivity index (χ0) is 8.40. The van der Waals surface area contributed by atoms with Gasteiger partial charge in [0.15, 0.2) is 0 Å². The fourth-order valence-corrected chi connectivity index (χ4v) is 5.05. The molecule has 0 radical (unpaired) electrons. The van der Waals surface area contributed by atoms with Gasteiger partial charge >= 0.3 is 0 Å². The predicted molar refractivity (Wildman–Crippen MR) is 50.9 cm³/mol. The molecule has 3 saturated carbocycles. The van der Waals surface area contributed by atoms with Crippen LogP contribution in [0.15, 0.2) is 0 Å². The number of fused-ring (bicyclic) bond motifs is 1. The van der Waals surface area contributed by atoms with Crippen LogP contribution < -0.4 is 0 Å². The normalized spacial score (nSPS) is 59.5. The maximum absolute atomic E-state index is 2.41. The lowest BCUT2D eigenvalue weighted by molar-refractivity contribution is 0.0179. The van der Waals surface area contributed by atoms with Crippen molar-refractivity contribution in [2.24, 2.45) is 22.7 Å². The Bertz CT molecular complexity index is 220. The van der Waals surface area contributed by atoms with E-state index in [0.29, 0.717) is 0 Å². The van der Waals surface area contributed by atoms with Gasteiger partial charge in [0.2, 0.25) is 0 Å². The molecular weight excluding hydrogens is 144 g/mol. The van der Waals surface area contributed by atoms with Crippen molar-refractivity contribution in [1.82, 2.24) is 0 Å². The first kappa shape index (κ1) is 7.41.